The van der Waals surface area contributed by atoms with E-state index in [2.05, 4.69) is 19.2 Å². The zero-order valence-corrected chi connectivity index (χ0v) is 13.2. The average molecular weight is 297 g/mol. The van der Waals surface area contributed by atoms with Gasteiger partial charge in [0, 0.05) is 42.3 Å². The molecule has 4 nitrogen and oxygen atoms in total. The molecule has 3 rings (SSSR count). The third kappa shape index (κ3) is 2.92. The molecule has 1 aromatic heterocycles. The Bertz CT molecular complexity index is 610. The zero-order valence-electron chi connectivity index (χ0n) is 13.2. The van der Waals surface area contributed by atoms with Crippen LogP contribution in [0.25, 0.3) is 5.69 Å². The Kier molecular flexibility index (Phi) is 4.29. The Morgan fingerprint density at radius 3 is 2.45 bits per heavy atom. The summed E-state index contributed by atoms with van der Waals surface area (Å²) in [6.07, 6.45) is 5.04. The molecule has 2 aromatic rings. The molecular weight excluding hydrogens is 274 g/mol. The number of hydrogen-bond donors (Lipinski definition) is 1. The molecular formula is C18H23N3O. The Labute approximate surface area is 131 Å². The lowest BCUT2D eigenvalue weighted by molar-refractivity contribution is 0.0627. The highest BCUT2D eigenvalue weighted by molar-refractivity contribution is 5.94. The molecule has 0 aliphatic carbocycles. The van der Waals surface area contributed by atoms with Crippen LogP contribution in [-0.2, 0) is 0 Å². The number of amides is 1. The van der Waals surface area contributed by atoms with Gasteiger partial charge in [0.15, 0.2) is 0 Å². The molecule has 116 valence electrons. The van der Waals surface area contributed by atoms with Gasteiger partial charge in [-0.05, 0) is 63.2 Å². The number of carbonyl (C=O) groups excluding carboxylic acids is 1. The van der Waals surface area contributed by atoms with E-state index in [1.54, 1.807) is 0 Å². The molecule has 1 unspecified atom stereocenters. The van der Waals surface area contributed by atoms with Gasteiger partial charge < -0.3 is 14.8 Å². The highest BCUT2D eigenvalue weighted by Gasteiger charge is 2.29. The van der Waals surface area contributed by atoms with Crippen molar-refractivity contribution in [2.24, 2.45) is 0 Å². The first-order valence-corrected chi connectivity index (χ1v) is 7.93. The summed E-state index contributed by atoms with van der Waals surface area (Å²) in [6, 6.07) is 12.3. The van der Waals surface area contributed by atoms with E-state index in [1.165, 1.54) is 0 Å². The Balaban J connectivity index is 1.81. The summed E-state index contributed by atoms with van der Waals surface area (Å²) in [7, 11) is 0. The van der Waals surface area contributed by atoms with Crippen molar-refractivity contribution < 1.29 is 4.79 Å². The number of benzene rings is 1. The van der Waals surface area contributed by atoms with Crippen LogP contribution in [0.5, 0.6) is 0 Å². The maximum atomic E-state index is 12.9. The van der Waals surface area contributed by atoms with Crippen molar-refractivity contribution in [2.45, 2.75) is 32.4 Å². The second-order valence-corrected chi connectivity index (χ2v) is 6.09. The SMILES string of the molecule is CC(C)N(C(=O)c1ccc(-n2cccc2)cc1)C1CCNC1. The molecule has 0 spiro atoms. The topological polar surface area (TPSA) is 37.3 Å². The van der Waals surface area contributed by atoms with Crippen molar-refractivity contribution in [3.8, 4) is 5.69 Å². The van der Waals surface area contributed by atoms with Crippen molar-refractivity contribution >= 4 is 5.91 Å². The van der Waals surface area contributed by atoms with Crippen LogP contribution in [0.3, 0.4) is 0 Å². The van der Waals surface area contributed by atoms with Gasteiger partial charge in [-0.3, -0.25) is 4.79 Å². The van der Waals surface area contributed by atoms with Crippen molar-refractivity contribution in [3.05, 3.63) is 54.4 Å². The van der Waals surface area contributed by atoms with Crippen molar-refractivity contribution in [1.82, 2.24) is 14.8 Å². The summed E-state index contributed by atoms with van der Waals surface area (Å²) in [5.41, 5.74) is 1.83. The van der Waals surface area contributed by atoms with Crippen LogP contribution in [0.4, 0.5) is 0 Å². The van der Waals surface area contributed by atoms with E-state index in [-0.39, 0.29) is 11.9 Å². The smallest absolute Gasteiger partial charge is 0.254 e. The number of aromatic nitrogens is 1. The summed E-state index contributed by atoms with van der Waals surface area (Å²) >= 11 is 0. The maximum absolute atomic E-state index is 12.9. The molecule has 4 heteroatoms. The number of nitrogens with zero attached hydrogens (tertiary/aromatic N) is 2. The van der Waals surface area contributed by atoms with Gasteiger partial charge >= 0.3 is 0 Å². The molecule has 1 N–H and O–H groups in total. The monoisotopic (exact) mass is 297 g/mol. The lowest BCUT2D eigenvalue weighted by Gasteiger charge is -2.32. The largest absolute Gasteiger partial charge is 0.332 e. The van der Waals surface area contributed by atoms with E-state index in [0.29, 0.717) is 6.04 Å². The van der Waals surface area contributed by atoms with Crippen LogP contribution in [0, 0.1) is 0 Å². The van der Waals surface area contributed by atoms with Gasteiger partial charge in [-0.15, -0.1) is 0 Å². The third-order valence-corrected chi connectivity index (χ3v) is 4.24. The summed E-state index contributed by atoms with van der Waals surface area (Å²) < 4.78 is 2.04. The summed E-state index contributed by atoms with van der Waals surface area (Å²) in [5.74, 6) is 0.128. The first-order valence-electron chi connectivity index (χ1n) is 7.93. The minimum absolute atomic E-state index is 0.128. The fourth-order valence-corrected chi connectivity index (χ4v) is 3.13. The molecule has 0 bridgehead atoms. The fraction of sp³-hybridized carbons (Fsp3) is 0.389. The van der Waals surface area contributed by atoms with Gasteiger partial charge in [0.05, 0.1) is 0 Å². The van der Waals surface area contributed by atoms with E-state index in [0.717, 1.165) is 30.8 Å². The second kappa shape index (κ2) is 6.36. The molecule has 1 aliphatic heterocycles. The molecule has 1 amide bonds. The maximum Gasteiger partial charge on any atom is 0.254 e. The standard InChI is InChI=1S/C18H23N3O/c1-14(2)21(17-9-10-19-13-17)18(22)15-5-7-16(8-6-15)20-11-3-4-12-20/h3-8,11-12,14,17,19H,9-10,13H2,1-2H3. The van der Waals surface area contributed by atoms with Crippen LogP contribution < -0.4 is 5.32 Å². The first kappa shape index (κ1) is 14.9. The van der Waals surface area contributed by atoms with E-state index in [4.69, 9.17) is 0 Å². The fourth-order valence-electron chi connectivity index (χ4n) is 3.13. The lowest BCUT2D eigenvalue weighted by atomic mass is 10.1. The van der Waals surface area contributed by atoms with Crippen LogP contribution in [0.2, 0.25) is 0 Å². The predicted octanol–water partition coefficient (Wildman–Crippen LogP) is 2.69. The van der Waals surface area contributed by atoms with Crippen LogP contribution >= 0.6 is 0 Å². The van der Waals surface area contributed by atoms with Crippen molar-refractivity contribution in [1.29, 1.82) is 0 Å². The zero-order chi connectivity index (χ0) is 15.5. The normalized spacial score (nSPS) is 17.9. The molecule has 1 aromatic carbocycles. The van der Waals surface area contributed by atoms with Crippen molar-refractivity contribution in [2.75, 3.05) is 13.1 Å². The minimum atomic E-state index is 0.128. The average Bonchev–Trinajstić information content (AvgIpc) is 3.21. The molecule has 22 heavy (non-hydrogen) atoms. The van der Waals surface area contributed by atoms with Gasteiger partial charge in [0.25, 0.3) is 5.91 Å². The van der Waals surface area contributed by atoms with E-state index in [9.17, 15) is 4.79 Å². The molecule has 1 aliphatic rings. The summed E-state index contributed by atoms with van der Waals surface area (Å²) in [6.45, 7) is 6.06. The third-order valence-electron chi connectivity index (χ3n) is 4.24. The van der Waals surface area contributed by atoms with Crippen molar-refractivity contribution in [3.63, 3.8) is 0 Å². The number of nitrogens with one attached hydrogen (secondary N) is 1. The highest BCUT2D eigenvalue weighted by Crippen LogP contribution is 2.18. The Morgan fingerprint density at radius 1 is 1.23 bits per heavy atom. The molecule has 1 saturated heterocycles. The molecule has 0 saturated carbocycles. The number of hydrogen-bond acceptors (Lipinski definition) is 2. The molecule has 2 heterocycles. The quantitative estimate of drug-likeness (QED) is 0.942. The summed E-state index contributed by atoms with van der Waals surface area (Å²) in [4.78, 5) is 14.9. The van der Waals surface area contributed by atoms with Gasteiger partial charge in [0.2, 0.25) is 0 Å². The van der Waals surface area contributed by atoms with Gasteiger partial charge in [-0.25, -0.2) is 0 Å². The molecule has 0 radical (unpaired) electrons. The second-order valence-electron chi connectivity index (χ2n) is 6.09. The van der Waals surface area contributed by atoms with Gasteiger partial charge in [-0.1, -0.05) is 0 Å². The first-order chi connectivity index (χ1) is 10.7. The van der Waals surface area contributed by atoms with Crippen LogP contribution in [0.15, 0.2) is 48.8 Å². The van der Waals surface area contributed by atoms with Gasteiger partial charge in [-0.2, -0.15) is 0 Å². The van der Waals surface area contributed by atoms with E-state index in [1.807, 2.05) is 58.3 Å². The predicted molar refractivity (Wildman–Crippen MR) is 88.3 cm³/mol. The Hall–Kier alpha value is -2.07. The van der Waals surface area contributed by atoms with Gasteiger partial charge in [0.1, 0.15) is 0 Å². The van der Waals surface area contributed by atoms with Crippen LogP contribution in [-0.4, -0.2) is 40.5 Å². The van der Waals surface area contributed by atoms with E-state index < -0.39 is 0 Å². The van der Waals surface area contributed by atoms with E-state index >= 15 is 0 Å². The lowest BCUT2D eigenvalue weighted by Crippen LogP contribution is -2.45. The minimum Gasteiger partial charge on any atom is -0.332 e. The molecule has 1 fully saturated rings. The summed E-state index contributed by atoms with van der Waals surface area (Å²) in [5, 5.41) is 3.34. The number of carbonyl (C=O) groups is 1. The number of rotatable bonds is 4. The highest BCUT2D eigenvalue weighted by atomic mass is 16.2. The van der Waals surface area contributed by atoms with Crippen LogP contribution in [0.1, 0.15) is 30.6 Å². The Morgan fingerprint density at radius 2 is 1.91 bits per heavy atom. The molecule has 1 atom stereocenters.